The summed E-state index contributed by atoms with van der Waals surface area (Å²) in [6, 6.07) is 0. The monoisotopic (exact) mass is 1380 g/mol. The Hall–Kier alpha value is -1.94. The van der Waals surface area contributed by atoms with Crippen molar-refractivity contribution in [2.24, 2.45) is 17.8 Å². The van der Waals surface area contributed by atoms with Crippen LogP contribution in [-0.2, 0) is 65.4 Å². The quantitative estimate of drug-likeness (QED) is 0.0222. The standard InChI is InChI=1S/C75H146O17P2/c1-8-10-11-12-13-14-15-16-17-18-19-20-21-22-27-30-35-44-51-58-74(79)91-70(62-85-72(77)56-49-42-34-29-26-24-23-25-28-32-39-46-53-66(3)4)64-89-93(81,82)87-60-69(76)61-88-94(83,84)90-65-71(92-75(80)59-52-45-36-31-33-40-47-54-67(5)6)63-86-73(78)57-50-43-38-37-41-48-55-68(7)9-2/h66-71,76H,8-65H2,1-7H3,(H,81,82)(H,83,84)/t68?,69-,70-,71-/m1/s1. The molecule has 94 heavy (non-hydrogen) atoms. The molecule has 0 fully saturated rings. The van der Waals surface area contributed by atoms with Gasteiger partial charge in [0.1, 0.15) is 19.3 Å². The van der Waals surface area contributed by atoms with Gasteiger partial charge < -0.3 is 33.8 Å². The Morgan fingerprint density at radius 3 is 0.809 bits per heavy atom. The van der Waals surface area contributed by atoms with Crippen molar-refractivity contribution >= 4 is 39.5 Å². The summed E-state index contributed by atoms with van der Waals surface area (Å²) in [5, 5.41) is 10.6. The van der Waals surface area contributed by atoms with Crippen LogP contribution in [0, 0.1) is 17.8 Å². The molecule has 0 bridgehead atoms. The van der Waals surface area contributed by atoms with Crippen molar-refractivity contribution < 1.29 is 80.2 Å². The number of phosphoric ester groups is 2. The summed E-state index contributed by atoms with van der Waals surface area (Å²) in [6.45, 7) is 11.8. The maximum absolute atomic E-state index is 13.1. The van der Waals surface area contributed by atoms with Crippen molar-refractivity contribution in [2.45, 2.75) is 401 Å². The van der Waals surface area contributed by atoms with Gasteiger partial charge in [0.25, 0.3) is 0 Å². The second kappa shape index (κ2) is 65.7. The summed E-state index contributed by atoms with van der Waals surface area (Å²) in [5.74, 6) is 0.0852. The van der Waals surface area contributed by atoms with Gasteiger partial charge in [-0.1, -0.05) is 331 Å². The first-order valence-corrected chi connectivity index (χ1v) is 41.9. The number of carbonyl (C=O) groups is 4. The highest BCUT2D eigenvalue weighted by Crippen LogP contribution is 2.45. The first-order valence-electron chi connectivity index (χ1n) is 38.9. The zero-order valence-electron chi connectivity index (χ0n) is 61.4. The summed E-state index contributed by atoms with van der Waals surface area (Å²) in [4.78, 5) is 72.7. The molecule has 0 saturated heterocycles. The van der Waals surface area contributed by atoms with Gasteiger partial charge in [-0.2, -0.15) is 0 Å². The van der Waals surface area contributed by atoms with Gasteiger partial charge in [0.15, 0.2) is 12.2 Å². The van der Waals surface area contributed by atoms with Crippen LogP contribution in [-0.4, -0.2) is 96.7 Å². The topological polar surface area (TPSA) is 237 Å². The number of hydrogen-bond donors (Lipinski definition) is 3. The minimum Gasteiger partial charge on any atom is -0.462 e. The third kappa shape index (κ3) is 67.3. The molecule has 558 valence electrons. The van der Waals surface area contributed by atoms with Gasteiger partial charge in [0.05, 0.1) is 26.4 Å². The molecule has 0 saturated carbocycles. The number of hydrogen-bond acceptors (Lipinski definition) is 15. The molecule has 0 amide bonds. The van der Waals surface area contributed by atoms with E-state index in [4.69, 9.17) is 37.0 Å². The van der Waals surface area contributed by atoms with E-state index in [1.54, 1.807) is 0 Å². The molecule has 0 heterocycles. The van der Waals surface area contributed by atoms with Gasteiger partial charge in [-0.05, 0) is 43.4 Å². The van der Waals surface area contributed by atoms with Gasteiger partial charge in [0.2, 0.25) is 0 Å². The number of phosphoric acid groups is 2. The molecule has 19 heteroatoms. The Morgan fingerprint density at radius 1 is 0.309 bits per heavy atom. The summed E-state index contributed by atoms with van der Waals surface area (Å²) < 4.78 is 68.4. The average Bonchev–Trinajstić information content (AvgIpc) is 1.55. The Bertz CT molecular complexity index is 1840. The van der Waals surface area contributed by atoms with Gasteiger partial charge in [-0.15, -0.1) is 0 Å². The SMILES string of the molecule is CCCCCCCCCCCCCCCCCCCCCC(=O)O[C@H](COC(=O)CCCCCCCCCCCCCCC(C)C)COP(=O)(O)OC[C@@H](O)COP(=O)(O)OC[C@@H](COC(=O)CCCCCCCCC(C)CC)OC(=O)CCCCCCCCCC(C)C. The molecule has 0 aromatic carbocycles. The largest absolute Gasteiger partial charge is 0.472 e. The smallest absolute Gasteiger partial charge is 0.462 e. The van der Waals surface area contributed by atoms with Crippen LogP contribution in [0.15, 0.2) is 0 Å². The molecule has 0 rings (SSSR count). The number of carbonyl (C=O) groups excluding carboxylic acids is 4. The fraction of sp³-hybridized carbons (Fsp3) is 0.947. The van der Waals surface area contributed by atoms with Crippen molar-refractivity contribution in [1.82, 2.24) is 0 Å². The fourth-order valence-corrected chi connectivity index (χ4v) is 13.0. The van der Waals surface area contributed by atoms with Crippen molar-refractivity contribution in [1.29, 1.82) is 0 Å². The zero-order chi connectivity index (χ0) is 69.4. The highest BCUT2D eigenvalue weighted by atomic mass is 31.2. The maximum atomic E-state index is 13.1. The molecule has 0 aliphatic carbocycles. The average molecular weight is 1380 g/mol. The number of aliphatic hydroxyl groups is 1. The summed E-state index contributed by atoms with van der Waals surface area (Å²) in [7, 11) is -9.91. The molecule has 3 unspecified atom stereocenters. The lowest BCUT2D eigenvalue weighted by Gasteiger charge is -2.21. The predicted molar refractivity (Wildman–Crippen MR) is 381 cm³/mol. The van der Waals surface area contributed by atoms with Crippen molar-refractivity contribution in [2.75, 3.05) is 39.6 Å². The van der Waals surface area contributed by atoms with Gasteiger partial charge in [-0.25, -0.2) is 9.13 Å². The lowest BCUT2D eigenvalue weighted by atomic mass is 10.00. The molecule has 0 aliphatic rings. The van der Waals surface area contributed by atoms with Gasteiger partial charge in [0, 0.05) is 25.7 Å². The first-order chi connectivity index (χ1) is 45.3. The number of esters is 4. The maximum Gasteiger partial charge on any atom is 0.472 e. The Balaban J connectivity index is 5.22. The Labute approximate surface area is 575 Å². The summed E-state index contributed by atoms with van der Waals surface area (Å²) >= 11 is 0. The molecular formula is C75H146O17P2. The van der Waals surface area contributed by atoms with Gasteiger partial charge >= 0.3 is 39.5 Å². The summed E-state index contributed by atoms with van der Waals surface area (Å²) in [5.41, 5.74) is 0. The molecule has 0 aromatic rings. The zero-order valence-corrected chi connectivity index (χ0v) is 63.2. The number of unbranched alkanes of at least 4 members (excludes halogenated alkanes) is 40. The van der Waals surface area contributed by atoms with Crippen molar-refractivity contribution in [3.63, 3.8) is 0 Å². The highest BCUT2D eigenvalue weighted by molar-refractivity contribution is 7.47. The minimum absolute atomic E-state index is 0.102. The lowest BCUT2D eigenvalue weighted by Crippen LogP contribution is -2.30. The second-order valence-electron chi connectivity index (χ2n) is 28.2. The molecule has 0 radical (unpaired) electrons. The second-order valence-corrected chi connectivity index (χ2v) is 31.1. The normalized spacial score (nSPS) is 14.4. The van der Waals surface area contributed by atoms with Crippen LogP contribution in [0.5, 0.6) is 0 Å². The first kappa shape index (κ1) is 92.1. The third-order valence-corrected chi connectivity index (χ3v) is 19.6. The number of aliphatic hydroxyl groups excluding tert-OH is 1. The van der Waals surface area contributed by atoms with E-state index in [1.807, 2.05) is 0 Å². The van der Waals surface area contributed by atoms with E-state index in [9.17, 15) is 43.2 Å². The van der Waals surface area contributed by atoms with E-state index in [0.717, 1.165) is 108 Å². The van der Waals surface area contributed by atoms with E-state index < -0.39 is 97.5 Å². The molecule has 6 atom stereocenters. The lowest BCUT2D eigenvalue weighted by molar-refractivity contribution is -0.161. The Morgan fingerprint density at radius 2 is 0.543 bits per heavy atom. The van der Waals surface area contributed by atoms with E-state index >= 15 is 0 Å². The molecule has 0 aliphatic heterocycles. The molecule has 17 nitrogen and oxygen atoms in total. The Kier molecular flexibility index (Phi) is 64.3. The molecule has 0 spiro atoms. The van der Waals surface area contributed by atoms with Crippen LogP contribution < -0.4 is 0 Å². The third-order valence-electron chi connectivity index (χ3n) is 17.7. The minimum atomic E-state index is -4.96. The van der Waals surface area contributed by atoms with Crippen molar-refractivity contribution in [3.8, 4) is 0 Å². The fourth-order valence-electron chi connectivity index (χ4n) is 11.4. The van der Waals surface area contributed by atoms with E-state index in [1.165, 1.54) is 186 Å². The number of rotatable bonds is 73. The summed E-state index contributed by atoms with van der Waals surface area (Å²) in [6.07, 6.45) is 51.6. The van der Waals surface area contributed by atoms with Crippen LogP contribution >= 0.6 is 15.6 Å². The van der Waals surface area contributed by atoms with Crippen LogP contribution in [0.3, 0.4) is 0 Å². The highest BCUT2D eigenvalue weighted by Gasteiger charge is 2.30. The van der Waals surface area contributed by atoms with Gasteiger partial charge in [-0.3, -0.25) is 37.3 Å². The number of ether oxygens (including phenoxy) is 4. The van der Waals surface area contributed by atoms with E-state index in [-0.39, 0.29) is 25.7 Å². The molecular weight excluding hydrogens is 1230 g/mol. The van der Waals surface area contributed by atoms with E-state index in [0.29, 0.717) is 31.6 Å². The van der Waals surface area contributed by atoms with Crippen molar-refractivity contribution in [3.05, 3.63) is 0 Å². The predicted octanol–water partition coefficient (Wildman–Crippen LogP) is 21.8. The molecule has 0 aromatic heterocycles. The van der Waals surface area contributed by atoms with Crippen LogP contribution in [0.1, 0.15) is 382 Å². The van der Waals surface area contributed by atoms with Crippen LogP contribution in [0.4, 0.5) is 0 Å². The van der Waals surface area contributed by atoms with E-state index in [2.05, 4.69) is 48.5 Å². The van der Waals surface area contributed by atoms with Crippen LogP contribution in [0.2, 0.25) is 0 Å². The van der Waals surface area contributed by atoms with Crippen LogP contribution in [0.25, 0.3) is 0 Å². The molecule has 3 N–H and O–H groups in total.